The first-order valence-corrected chi connectivity index (χ1v) is 9.07. The van der Waals surface area contributed by atoms with Crippen molar-refractivity contribution in [3.05, 3.63) is 28.2 Å². The number of benzene rings is 1. The number of aliphatic carboxylic acids is 1. The summed E-state index contributed by atoms with van der Waals surface area (Å²) < 4.78 is 27.9. The van der Waals surface area contributed by atoms with Gasteiger partial charge >= 0.3 is 5.97 Å². The van der Waals surface area contributed by atoms with Crippen molar-refractivity contribution in [2.45, 2.75) is 43.2 Å². The number of aryl methyl sites for hydroxylation is 1. The molecule has 1 N–H and O–H groups in total. The Morgan fingerprint density at radius 3 is 2.62 bits per heavy atom. The Kier molecular flexibility index (Phi) is 3.62. The quantitative estimate of drug-likeness (QED) is 0.882. The maximum absolute atomic E-state index is 12.9. The molecule has 2 aliphatic heterocycles. The zero-order chi connectivity index (χ0) is 15.4. The Balaban J connectivity index is 2.01. The number of fused-ring (bicyclic) bond motifs is 2. The highest BCUT2D eigenvalue weighted by atomic mass is 79.9. The Hall–Kier alpha value is -0.920. The molecule has 2 bridgehead atoms. The van der Waals surface area contributed by atoms with Crippen LogP contribution in [0, 0.1) is 12.8 Å². The summed E-state index contributed by atoms with van der Waals surface area (Å²) in [5.41, 5.74) is 0.851. The first-order chi connectivity index (χ1) is 9.80. The number of carboxylic acid groups (broad SMARTS) is 1. The molecular formula is C14H16BrNO4S. The standard InChI is InChI=1S/C14H16BrNO4S/c1-8-4-9(15)6-11(5-8)21(19,20)16-10-2-3-13(16)12(7-10)14(17)18/h4-6,10,12-13H,2-3,7H2,1H3,(H,17,18). The molecule has 2 heterocycles. The van der Waals surface area contributed by atoms with Gasteiger partial charge in [-0.25, -0.2) is 8.42 Å². The lowest BCUT2D eigenvalue weighted by molar-refractivity contribution is -0.142. The number of carbonyl (C=O) groups is 1. The Bertz CT molecular complexity index is 683. The molecule has 0 aliphatic carbocycles. The van der Waals surface area contributed by atoms with Crippen molar-refractivity contribution >= 4 is 31.9 Å². The maximum atomic E-state index is 12.9. The number of sulfonamides is 1. The van der Waals surface area contributed by atoms with E-state index < -0.39 is 28.0 Å². The average Bonchev–Trinajstić information content (AvgIpc) is 2.95. The molecule has 0 saturated carbocycles. The third kappa shape index (κ3) is 2.41. The van der Waals surface area contributed by atoms with Crippen molar-refractivity contribution in [2.75, 3.05) is 0 Å². The van der Waals surface area contributed by atoms with Gasteiger partial charge in [-0.1, -0.05) is 15.9 Å². The predicted molar refractivity (Wildman–Crippen MR) is 80.5 cm³/mol. The number of hydrogen-bond donors (Lipinski definition) is 1. The minimum absolute atomic E-state index is 0.180. The van der Waals surface area contributed by atoms with Gasteiger partial charge in [0.25, 0.3) is 0 Å². The van der Waals surface area contributed by atoms with E-state index in [0.717, 1.165) is 12.0 Å². The van der Waals surface area contributed by atoms with E-state index in [-0.39, 0.29) is 10.9 Å². The number of carboxylic acids is 1. The monoisotopic (exact) mass is 373 g/mol. The second-order valence-corrected chi connectivity index (χ2v) is 8.54. The van der Waals surface area contributed by atoms with E-state index in [2.05, 4.69) is 15.9 Å². The molecule has 3 atom stereocenters. The van der Waals surface area contributed by atoms with Crippen LogP contribution in [-0.2, 0) is 14.8 Å². The third-order valence-electron chi connectivity index (χ3n) is 4.38. The largest absolute Gasteiger partial charge is 0.481 e. The molecule has 1 aromatic rings. The van der Waals surface area contributed by atoms with E-state index >= 15 is 0 Å². The molecule has 0 amide bonds. The predicted octanol–water partition coefficient (Wildman–Crippen LogP) is 2.38. The first-order valence-electron chi connectivity index (χ1n) is 6.84. The van der Waals surface area contributed by atoms with Crippen LogP contribution >= 0.6 is 15.9 Å². The topological polar surface area (TPSA) is 74.7 Å². The fraction of sp³-hybridized carbons (Fsp3) is 0.500. The summed E-state index contributed by atoms with van der Waals surface area (Å²) in [6.07, 6.45) is 1.81. The van der Waals surface area contributed by atoms with Crippen LogP contribution in [0.15, 0.2) is 27.6 Å². The molecule has 2 saturated heterocycles. The van der Waals surface area contributed by atoms with Crippen LogP contribution in [0.1, 0.15) is 24.8 Å². The summed E-state index contributed by atoms with van der Waals surface area (Å²) in [4.78, 5) is 11.5. The van der Waals surface area contributed by atoms with Crippen molar-refractivity contribution in [1.82, 2.24) is 4.31 Å². The van der Waals surface area contributed by atoms with Crippen LogP contribution in [0.4, 0.5) is 0 Å². The molecule has 21 heavy (non-hydrogen) atoms. The van der Waals surface area contributed by atoms with Crippen molar-refractivity contribution in [3.63, 3.8) is 0 Å². The number of halogens is 1. The lowest BCUT2D eigenvalue weighted by Gasteiger charge is -2.22. The van der Waals surface area contributed by atoms with Crippen LogP contribution in [0.25, 0.3) is 0 Å². The molecule has 3 rings (SSSR count). The van der Waals surface area contributed by atoms with Gasteiger partial charge in [0, 0.05) is 16.6 Å². The van der Waals surface area contributed by atoms with Gasteiger partial charge in [-0.15, -0.1) is 0 Å². The van der Waals surface area contributed by atoms with Crippen LogP contribution in [-0.4, -0.2) is 35.9 Å². The summed E-state index contributed by atoms with van der Waals surface area (Å²) >= 11 is 3.32. The van der Waals surface area contributed by atoms with Crippen LogP contribution in [0.5, 0.6) is 0 Å². The lowest BCUT2D eigenvalue weighted by atomic mass is 9.89. The Labute approximate surface area is 132 Å². The summed E-state index contributed by atoms with van der Waals surface area (Å²) in [6, 6.07) is 4.47. The SMILES string of the molecule is Cc1cc(Br)cc(S(=O)(=O)N2C3CCC2C(C(=O)O)C3)c1. The van der Waals surface area contributed by atoms with E-state index in [4.69, 9.17) is 0 Å². The maximum Gasteiger partial charge on any atom is 0.308 e. The second kappa shape index (κ2) is 5.07. The lowest BCUT2D eigenvalue weighted by Crippen LogP contribution is -2.37. The van der Waals surface area contributed by atoms with Gasteiger partial charge in [0.1, 0.15) is 0 Å². The van der Waals surface area contributed by atoms with Crippen LogP contribution < -0.4 is 0 Å². The van der Waals surface area contributed by atoms with Gasteiger partial charge in [0.2, 0.25) is 10.0 Å². The fourth-order valence-corrected chi connectivity index (χ4v) is 6.36. The highest BCUT2D eigenvalue weighted by molar-refractivity contribution is 9.10. The van der Waals surface area contributed by atoms with Crippen LogP contribution in [0.2, 0.25) is 0 Å². The van der Waals surface area contributed by atoms with Crippen LogP contribution in [0.3, 0.4) is 0 Å². The molecule has 3 unspecified atom stereocenters. The minimum Gasteiger partial charge on any atom is -0.481 e. The van der Waals surface area contributed by atoms with E-state index in [9.17, 15) is 18.3 Å². The normalized spacial score (nSPS) is 29.0. The zero-order valence-electron chi connectivity index (χ0n) is 11.5. The van der Waals surface area contributed by atoms with E-state index in [1.807, 2.05) is 13.0 Å². The van der Waals surface area contributed by atoms with Gasteiger partial charge in [-0.05, 0) is 49.9 Å². The zero-order valence-corrected chi connectivity index (χ0v) is 13.9. The van der Waals surface area contributed by atoms with E-state index in [1.54, 1.807) is 12.1 Å². The summed E-state index contributed by atoms with van der Waals surface area (Å²) in [6.45, 7) is 1.84. The molecule has 0 aromatic heterocycles. The third-order valence-corrected chi connectivity index (χ3v) is 6.79. The van der Waals surface area contributed by atoms with Gasteiger partial charge in [0.05, 0.1) is 10.8 Å². The van der Waals surface area contributed by atoms with Crippen molar-refractivity contribution in [2.24, 2.45) is 5.92 Å². The number of hydrogen-bond acceptors (Lipinski definition) is 3. The molecule has 2 fully saturated rings. The van der Waals surface area contributed by atoms with Crippen molar-refractivity contribution in [3.8, 4) is 0 Å². The van der Waals surface area contributed by atoms with Gasteiger partial charge < -0.3 is 5.11 Å². The number of rotatable bonds is 3. The van der Waals surface area contributed by atoms with E-state index in [1.165, 1.54) is 4.31 Å². The first kappa shape index (κ1) is 15.0. The van der Waals surface area contributed by atoms with Gasteiger partial charge in [0.15, 0.2) is 0 Å². The minimum atomic E-state index is -3.65. The summed E-state index contributed by atoms with van der Waals surface area (Å²) in [5.74, 6) is -1.47. The van der Waals surface area contributed by atoms with E-state index in [0.29, 0.717) is 17.3 Å². The Morgan fingerprint density at radius 2 is 2.05 bits per heavy atom. The highest BCUT2D eigenvalue weighted by Crippen LogP contribution is 2.45. The fourth-order valence-electron chi connectivity index (χ4n) is 3.55. The molecule has 0 spiro atoms. The molecule has 1 aromatic carbocycles. The molecular weight excluding hydrogens is 358 g/mol. The molecule has 0 radical (unpaired) electrons. The van der Waals surface area contributed by atoms with Gasteiger partial charge in [-0.3, -0.25) is 4.79 Å². The second-order valence-electron chi connectivity index (χ2n) is 5.78. The number of nitrogens with zero attached hydrogens (tertiary/aromatic N) is 1. The molecule has 7 heteroatoms. The molecule has 5 nitrogen and oxygen atoms in total. The van der Waals surface area contributed by atoms with Crippen molar-refractivity contribution < 1.29 is 18.3 Å². The summed E-state index contributed by atoms with van der Waals surface area (Å²) in [5, 5.41) is 9.25. The smallest absolute Gasteiger partial charge is 0.308 e. The highest BCUT2D eigenvalue weighted by Gasteiger charge is 2.54. The van der Waals surface area contributed by atoms with Gasteiger partial charge in [-0.2, -0.15) is 4.31 Å². The summed E-state index contributed by atoms with van der Waals surface area (Å²) in [7, 11) is -3.65. The van der Waals surface area contributed by atoms with Crippen molar-refractivity contribution in [1.29, 1.82) is 0 Å². The molecule has 114 valence electrons. The average molecular weight is 374 g/mol. The Morgan fingerprint density at radius 1 is 1.33 bits per heavy atom. The molecule has 2 aliphatic rings.